The molecular weight excluding hydrogens is 216 g/mol. The Hall–Kier alpha value is 0. The van der Waals surface area contributed by atoms with Gasteiger partial charge in [-0.3, -0.25) is 0 Å². The van der Waals surface area contributed by atoms with Crippen molar-refractivity contribution < 1.29 is 0 Å². The van der Waals surface area contributed by atoms with Crippen molar-refractivity contribution in [2.45, 2.75) is 85.0 Å². The van der Waals surface area contributed by atoms with Gasteiger partial charge in [-0.1, -0.05) is 65.7 Å². The Morgan fingerprint density at radius 3 is 1.83 bits per heavy atom. The molecule has 0 aromatic carbocycles. The average Bonchev–Trinajstić information content (AvgIpc) is 2.39. The van der Waals surface area contributed by atoms with Crippen LogP contribution >= 0.6 is 0 Å². The van der Waals surface area contributed by atoms with Crippen LogP contribution in [0.5, 0.6) is 0 Å². The summed E-state index contributed by atoms with van der Waals surface area (Å²) in [6.07, 6.45) is 15.2. The fourth-order valence-electron chi connectivity index (χ4n) is 4.66. The van der Waals surface area contributed by atoms with E-state index in [9.17, 15) is 0 Å². The number of rotatable bonds is 4. The van der Waals surface area contributed by atoms with Gasteiger partial charge in [0.25, 0.3) is 0 Å². The third-order valence-electron chi connectivity index (χ3n) is 5.83. The van der Waals surface area contributed by atoms with Crippen molar-refractivity contribution in [3.05, 3.63) is 0 Å². The molecular formula is C18H34. The van der Waals surface area contributed by atoms with Gasteiger partial charge in [-0.15, -0.1) is 0 Å². The highest BCUT2D eigenvalue weighted by atomic mass is 14.4. The lowest BCUT2D eigenvalue weighted by atomic mass is 9.68. The molecule has 0 aliphatic heterocycles. The number of hydrogen-bond donors (Lipinski definition) is 0. The second-order valence-corrected chi connectivity index (χ2v) is 7.67. The zero-order valence-corrected chi connectivity index (χ0v) is 13.0. The Kier molecular flexibility index (Phi) is 5.57. The van der Waals surface area contributed by atoms with Crippen molar-refractivity contribution in [1.29, 1.82) is 0 Å². The van der Waals surface area contributed by atoms with Gasteiger partial charge in [-0.25, -0.2) is 0 Å². The van der Waals surface area contributed by atoms with E-state index in [-0.39, 0.29) is 0 Å². The summed E-state index contributed by atoms with van der Waals surface area (Å²) in [5.41, 5.74) is 0. The van der Waals surface area contributed by atoms with E-state index in [0.717, 1.165) is 29.6 Å². The van der Waals surface area contributed by atoms with Gasteiger partial charge in [-0.2, -0.15) is 0 Å². The predicted octanol–water partition coefficient (Wildman–Crippen LogP) is 6.06. The molecule has 0 nitrogen and oxygen atoms in total. The van der Waals surface area contributed by atoms with E-state index in [0.29, 0.717) is 0 Å². The molecule has 0 spiro atoms. The molecule has 2 aliphatic rings. The molecule has 0 radical (unpaired) electrons. The third kappa shape index (κ3) is 4.00. The van der Waals surface area contributed by atoms with Crippen molar-refractivity contribution in [3.63, 3.8) is 0 Å². The Morgan fingerprint density at radius 1 is 0.722 bits per heavy atom. The van der Waals surface area contributed by atoms with Gasteiger partial charge < -0.3 is 0 Å². The van der Waals surface area contributed by atoms with Gasteiger partial charge in [-0.05, 0) is 48.9 Å². The maximum atomic E-state index is 2.57. The van der Waals surface area contributed by atoms with Crippen LogP contribution in [0.15, 0.2) is 0 Å². The van der Waals surface area contributed by atoms with Crippen LogP contribution in [0.1, 0.15) is 85.0 Å². The summed E-state index contributed by atoms with van der Waals surface area (Å²) in [7, 11) is 0. The molecule has 0 amide bonds. The Morgan fingerprint density at radius 2 is 1.28 bits per heavy atom. The van der Waals surface area contributed by atoms with E-state index >= 15 is 0 Å². The van der Waals surface area contributed by atoms with Gasteiger partial charge in [0, 0.05) is 0 Å². The van der Waals surface area contributed by atoms with Gasteiger partial charge in [0.1, 0.15) is 0 Å². The van der Waals surface area contributed by atoms with Crippen molar-refractivity contribution >= 4 is 0 Å². The van der Waals surface area contributed by atoms with Crippen LogP contribution in [-0.4, -0.2) is 0 Å². The maximum Gasteiger partial charge on any atom is -0.0386 e. The molecule has 0 aromatic heterocycles. The van der Waals surface area contributed by atoms with E-state index in [1.807, 2.05) is 0 Å². The average molecular weight is 250 g/mol. The summed E-state index contributed by atoms with van der Waals surface area (Å²) < 4.78 is 0. The van der Waals surface area contributed by atoms with E-state index < -0.39 is 0 Å². The van der Waals surface area contributed by atoms with Gasteiger partial charge in [0.2, 0.25) is 0 Å². The normalized spacial score (nSPS) is 32.7. The fourth-order valence-corrected chi connectivity index (χ4v) is 4.66. The highest BCUT2D eigenvalue weighted by Crippen LogP contribution is 2.42. The van der Waals surface area contributed by atoms with Crippen molar-refractivity contribution in [2.75, 3.05) is 0 Å². The molecule has 106 valence electrons. The molecule has 0 heteroatoms. The topological polar surface area (TPSA) is 0 Å². The fraction of sp³-hybridized carbons (Fsp3) is 1.00. The van der Waals surface area contributed by atoms with Crippen LogP contribution in [0.2, 0.25) is 0 Å². The lowest BCUT2D eigenvalue weighted by molar-refractivity contribution is 0.133. The lowest BCUT2D eigenvalue weighted by Gasteiger charge is -2.38. The summed E-state index contributed by atoms with van der Waals surface area (Å²) in [6, 6.07) is 0. The van der Waals surface area contributed by atoms with Crippen molar-refractivity contribution in [3.8, 4) is 0 Å². The van der Waals surface area contributed by atoms with E-state index in [2.05, 4.69) is 20.8 Å². The zero-order chi connectivity index (χ0) is 13.0. The zero-order valence-electron chi connectivity index (χ0n) is 13.0. The molecule has 2 aliphatic carbocycles. The summed E-state index contributed by atoms with van der Waals surface area (Å²) in [5.74, 6) is 5.12. The molecule has 18 heavy (non-hydrogen) atoms. The minimum atomic E-state index is 0.905. The Balaban J connectivity index is 1.74. The first-order valence-corrected chi connectivity index (χ1v) is 8.66. The number of hydrogen-bond acceptors (Lipinski definition) is 0. The molecule has 1 unspecified atom stereocenters. The van der Waals surface area contributed by atoms with E-state index in [4.69, 9.17) is 0 Å². The first-order chi connectivity index (χ1) is 8.66. The van der Waals surface area contributed by atoms with Crippen LogP contribution in [-0.2, 0) is 0 Å². The molecule has 2 rings (SSSR count). The highest BCUT2D eigenvalue weighted by molar-refractivity contribution is 4.81. The first-order valence-electron chi connectivity index (χ1n) is 8.66. The highest BCUT2D eigenvalue weighted by Gasteiger charge is 2.30. The van der Waals surface area contributed by atoms with Crippen LogP contribution < -0.4 is 0 Å². The van der Waals surface area contributed by atoms with E-state index in [1.54, 1.807) is 0 Å². The predicted molar refractivity (Wildman–Crippen MR) is 80.6 cm³/mol. The van der Waals surface area contributed by atoms with Gasteiger partial charge >= 0.3 is 0 Å². The molecule has 0 N–H and O–H groups in total. The summed E-state index contributed by atoms with van der Waals surface area (Å²) >= 11 is 0. The largest absolute Gasteiger partial charge is 0.0628 e. The second-order valence-electron chi connectivity index (χ2n) is 7.67. The Labute approximate surface area is 115 Å². The summed E-state index contributed by atoms with van der Waals surface area (Å²) in [5, 5.41) is 0. The Bertz CT molecular complexity index is 216. The standard InChI is InChI=1S/C18H34/c1-14(2)13-16-9-11-18(12-10-16)15(3)17-7-5-4-6-8-17/h14-18H,4-13H2,1-3H3. The van der Waals surface area contributed by atoms with Gasteiger partial charge in [0.15, 0.2) is 0 Å². The molecule has 0 heterocycles. The SMILES string of the molecule is CC(C)CC1CCC(C(C)C2CCCCC2)CC1. The summed E-state index contributed by atoms with van der Waals surface area (Å²) in [4.78, 5) is 0. The molecule has 1 atom stereocenters. The smallest absolute Gasteiger partial charge is 0.0386 e. The van der Waals surface area contributed by atoms with Crippen molar-refractivity contribution in [1.82, 2.24) is 0 Å². The minimum Gasteiger partial charge on any atom is -0.0628 e. The van der Waals surface area contributed by atoms with Crippen LogP contribution in [0.25, 0.3) is 0 Å². The molecule has 0 bridgehead atoms. The van der Waals surface area contributed by atoms with Crippen molar-refractivity contribution in [2.24, 2.45) is 29.6 Å². The van der Waals surface area contributed by atoms with Crippen LogP contribution in [0.4, 0.5) is 0 Å². The molecule has 2 fully saturated rings. The van der Waals surface area contributed by atoms with Gasteiger partial charge in [0.05, 0.1) is 0 Å². The monoisotopic (exact) mass is 250 g/mol. The van der Waals surface area contributed by atoms with Crippen LogP contribution in [0.3, 0.4) is 0 Å². The molecule has 0 saturated heterocycles. The quantitative estimate of drug-likeness (QED) is 0.569. The maximum absolute atomic E-state index is 2.57. The second kappa shape index (κ2) is 6.96. The first kappa shape index (κ1) is 14.4. The molecule has 0 aromatic rings. The van der Waals surface area contributed by atoms with Crippen LogP contribution in [0, 0.1) is 29.6 Å². The summed E-state index contributed by atoms with van der Waals surface area (Å²) in [6.45, 7) is 7.34. The third-order valence-corrected chi connectivity index (χ3v) is 5.83. The minimum absolute atomic E-state index is 0.905. The lowest BCUT2D eigenvalue weighted by Crippen LogP contribution is -2.27. The molecule has 2 saturated carbocycles. The van der Waals surface area contributed by atoms with E-state index in [1.165, 1.54) is 64.2 Å².